The van der Waals surface area contributed by atoms with Gasteiger partial charge < -0.3 is 0 Å². The Morgan fingerprint density at radius 1 is 0.567 bits per heavy atom. The van der Waals surface area contributed by atoms with E-state index in [9.17, 15) is 9.59 Å². The minimum atomic E-state index is -0.419. The van der Waals surface area contributed by atoms with Crippen molar-refractivity contribution in [3.63, 3.8) is 0 Å². The van der Waals surface area contributed by atoms with E-state index in [1.165, 1.54) is 62.0 Å². The third-order valence-corrected chi connectivity index (χ3v) is 10.4. The predicted molar refractivity (Wildman–Crippen MR) is 134 cm³/mol. The van der Waals surface area contributed by atoms with Gasteiger partial charge in [-0.2, -0.15) is 0 Å². The van der Waals surface area contributed by atoms with Gasteiger partial charge in [0.1, 0.15) is 19.1 Å². The van der Waals surface area contributed by atoms with Crippen LogP contribution in [0.25, 0.3) is 0 Å². The van der Waals surface area contributed by atoms with Crippen LogP contribution in [-0.4, -0.2) is 52.8 Å². The summed E-state index contributed by atoms with van der Waals surface area (Å²) in [5.41, 5.74) is 0. The van der Waals surface area contributed by atoms with Crippen molar-refractivity contribution in [2.75, 3.05) is 0 Å². The third kappa shape index (κ3) is 4.91. The Morgan fingerprint density at radius 3 is 1.20 bits per heavy atom. The van der Waals surface area contributed by atoms with Crippen LogP contribution < -0.4 is 0 Å². The second kappa shape index (κ2) is 10.6. The highest BCUT2D eigenvalue weighted by atomic mass is 32.2. The van der Waals surface area contributed by atoms with E-state index in [1.54, 1.807) is 0 Å². The van der Waals surface area contributed by atoms with Gasteiger partial charge in [-0.1, -0.05) is 112 Å². The minimum absolute atomic E-state index is 0.0451. The summed E-state index contributed by atoms with van der Waals surface area (Å²) in [4.78, 5) is 30.6. The van der Waals surface area contributed by atoms with Crippen LogP contribution in [0.2, 0.25) is 0 Å². The normalized spacial score (nSPS) is 31.1. The predicted octanol–water partition coefficient (Wildman–Crippen LogP) is 5.67. The summed E-state index contributed by atoms with van der Waals surface area (Å²) in [6.45, 7) is 0. The maximum absolute atomic E-state index is 13.4. The van der Waals surface area contributed by atoms with E-state index < -0.39 is 10.5 Å². The maximum atomic E-state index is 13.4. The van der Waals surface area contributed by atoms with Crippen LogP contribution >= 0.6 is 48.0 Å². The summed E-state index contributed by atoms with van der Waals surface area (Å²) in [7, 11) is 0. The molecule has 4 aliphatic rings. The van der Waals surface area contributed by atoms with Crippen LogP contribution in [-0.2, 0) is 9.59 Å². The summed E-state index contributed by atoms with van der Waals surface area (Å²) < 4.78 is 1.33. The van der Waals surface area contributed by atoms with Gasteiger partial charge in [-0.05, 0) is 25.7 Å². The fourth-order valence-corrected chi connectivity index (χ4v) is 8.79. The number of hydrogen-bond acceptors (Lipinski definition) is 6. The molecule has 2 atom stereocenters. The van der Waals surface area contributed by atoms with E-state index in [1.807, 2.05) is 9.80 Å². The molecule has 166 valence electrons. The molecule has 4 nitrogen and oxygen atoms in total. The standard InChI is InChI=1S/C22H32N2O2S4/c25-19-17(29-21(27)23(19)15-11-7-3-1-4-8-12-15)18-20(26)24(22(28)30-18)16-13-9-5-2-6-10-14-16/h15-18H,1-14H2. The van der Waals surface area contributed by atoms with Crippen molar-refractivity contribution in [1.82, 2.24) is 9.80 Å². The topological polar surface area (TPSA) is 40.6 Å². The van der Waals surface area contributed by atoms with Crippen molar-refractivity contribution in [2.45, 2.75) is 112 Å². The average molecular weight is 485 g/mol. The first-order chi connectivity index (χ1) is 14.6. The summed E-state index contributed by atoms with van der Waals surface area (Å²) in [6, 6.07) is 0.413. The first-order valence-electron chi connectivity index (χ1n) is 11.7. The maximum Gasteiger partial charge on any atom is 0.243 e. The van der Waals surface area contributed by atoms with Crippen molar-refractivity contribution in [3.05, 3.63) is 0 Å². The minimum Gasteiger partial charge on any atom is -0.294 e. The Balaban J connectivity index is 1.46. The monoisotopic (exact) mass is 484 g/mol. The van der Waals surface area contributed by atoms with Crippen LogP contribution in [0.3, 0.4) is 0 Å². The Hall–Kier alpha value is -0.180. The van der Waals surface area contributed by atoms with Gasteiger partial charge >= 0.3 is 0 Å². The molecule has 2 aliphatic carbocycles. The molecule has 0 spiro atoms. The van der Waals surface area contributed by atoms with E-state index in [4.69, 9.17) is 24.4 Å². The number of rotatable bonds is 3. The van der Waals surface area contributed by atoms with Crippen LogP contribution in [0.1, 0.15) is 89.9 Å². The first-order valence-corrected chi connectivity index (χ1v) is 14.2. The molecule has 2 saturated carbocycles. The average Bonchev–Trinajstić information content (AvgIpc) is 3.11. The van der Waals surface area contributed by atoms with Crippen molar-refractivity contribution < 1.29 is 9.59 Å². The molecule has 0 N–H and O–H groups in total. The molecule has 2 amide bonds. The molecule has 2 heterocycles. The zero-order valence-corrected chi connectivity index (χ0v) is 20.8. The highest BCUT2D eigenvalue weighted by Crippen LogP contribution is 2.43. The highest BCUT2D eigenvalue weighted by Gasteiger charge is 2.52. The molecule has 2 aliphatic heterocycles. The second-order valence-corrected chi connectivity index (χ2v) is 12.6. The summed E-state index contributed by atoms with van der Waals surface area (Å²) in [5.74, 6) is 0.0903. The number of thiocarbonyl (C=S) groups is 2. The van der Waals surface area contributed by atoms with E-state index in [0.717, 1.165) is 51.4 Å². The number of hydrogen-bond donors (Lipinski definition) is 0. The van der Waals surface area contributed by atoms with Gasteiger partial charge in [0.15, 0.2) is 0 Å². The molecule has 0 aromatic carbocycles. The van der Waals surface area contributed by atoms with Crippen LogP contribution in [0, 0.1) is 0 Å². The van der Waals surface area contributed by atoms with Gasteiger partial charge in [-0.3, -0.25) is 19.4 Å². The molecule has 0 radical (unpaired) electrons. The van der Waals surface area contributed by atoms with Crippen molar-refractivity contribution in [2.24, 2.45) is 0 Å². The van der Waals surface area contributed by atoms with Gasteiger partial charge in [-0.25, -0.2) is 0 Å². The number of nitrogens with zero attached hydrogens (tertiary/aromatic N) is 2. The summed E-state index contributed by atoms with van der Waals surface area (Å²) >= 11 is 14.1. The molecule has 0 aromatic heterocycles. The first kappa shape index (κ1) is 23.0. The number of carbonyl (C=O) groups excluding carboxylic acids is 2. The SMILES string of the molecule is O=C1C(C2SC(=S)N(C3CCCCCCC3)C2=O)SC(=S)N1C1CCCCCCC1. The van der Waals surface area contributed by atoms with Crippen molar-refractivity contribution >= 4 is 68.4 Å². The van der Waals surface area contributed by atoms with Gasteiger partial charge in [0.25, 0.3) is 0 Å². The Bertz CT molecular complexity index is 627. The smallest absolute Gasteiger partial charge is 0.243 e. The molecule has 4 fully saturated rings. The lowest BCUT2D eigenvalue weighted by Gasteiger charge is -2.30. The zero-order chi connectivity index (χ0) is 21.1. The molecule has 2 saturated heterocycles. The number of amides is 2. The number of thioether (sulfide) groups is 2. The Morgan fingerprint density at radius 2 is 0.867 bits per heavy atom. The van der Waals surface area contributed by atoms with Gasteiger partial charge in [-0.15, -0.1) is 0 Å². The molecular formula is C22H32N2O2S4. The van der Waals surface area contributed by atoms with Gasteiger partial charge in [0, 0.05) is 12.1 Å². The van der Waals surface area contributed by atoms with Crippen LogP contribution in [0.4, 0.5) is 0 Å². The fraction of sp³-hybridized carbons (Fsp3) is 0.818. The summed E-state index contributed by atoms with van der Waals surface area (Å²) in [5, 5.41) is -0.839. The van der Waals surface area contributed by atoms with E-state index >= 15 is 0 Å². The molecule has 4 rings (SSSR count). The Labute approximate surface area is 199 Å². The second-order valence-electron chi connectivity index (χ2n) is 9.02. The quantitative estimate of drug-likeness (QED) is 0.481. The lowest BCUT2D eigenvalue weighted by Crippen LogP contribution is -2.46. The molecule has 0 aromatic rings. The lowest BCUT2D eigenvalue weighted by atomic mass is 9.95. The van der Waals surface area contributed by atoms with Crippen molar-refractivity contribution in [3.8, 4) is 0 Å². The van der Waals surface area contributed by atoms with E-state index in [2.05, 4.69) is 0 Å². The lowest BCUT2D eigenvalue weighted by molar-refractivity contribution is -0.133. The van der Waals surface area contributed by atoms with Gasteiger partial charge in [0.2, 0.25) is 11.8 Å². The summed E-state index contributed by atoms with van der Waals surface area (Å²) in [6.07, 6.45) is 16.3. The largest absolute Gasteiger partial charge is 0.294 e. The fourth-order valence-electron chi connectivity index (χ4n) is 5.31. The molecule has 2 unspecified atom stereocenters. The molecular weight excluding hydrogens is 453 g/mol. The molecule has 30 heavy (non-hydrogen) atoms. The third-order valence-electron chi connectivity index (χ3n) is 6.97. The Kier molecular flexibility index (Phi) is 8.14. The van der Waals surface area contributed by atoms with Gasteiger partial charge in [0.05, 0.1) is 0 Å². The molecule has 0 bridgehead atoms. The number of carbonyl (C=O) groups is 2. The molecule has 8 heteroatoms. The van der Waals surface area contributed by atoms with E-state index in [-0.39, 0.29) is 23.9 Å². The zero-order valence-electron chi connectivity index (χ0n) is 17.6. The van der Waals surface area contributed by atoms with Crippen molar-refractivity contribution in [1.29, 1.82) is 0 Å². The van der Waals surface area contributed by atoms with E-state index in [0.29, 0.717) is 8.64 Å². The van der Waals surface area contributed by atoms with Crippen LogP contribution in [0.15, 0.2) is 0 Å². The highest BCUT2D eigenvalue weighted by molar-refractivity contribution is 8.27. The van der Waals surface area contributed by atoms with Crippen LogP contribution in [0.5, 0.6) is 0 Å².